The second-order valence-corrected chi connectivity index (χ2v) is 5.88. The summed E-state index contributed by atoms with van der Waals surface area (Å²) in [5.74, 6) is 0.197. The number of carbonyl (C=O) groups is 1. The van der Waals surface area contributed by atoms with Gasteiger partial charge in [0.1, 0.15) is 0 Å². The summed E-state index contributed by atoms with van der Waals surface area (Å²) in [6, 6.07) is 1.59. The lowest BCUT2D eigenvalue weighted by Gasteiger charge is -2.42. The molecule has 2 heterocycles. The van der Waals surface area contributed by atoms with E-state index in [1.165, 1.54) is 0 Å². The highest BCUT2D eigenvalue weighted by Crippen LogP contribution is 2.30. The first-order chi connectivity index (χ1) is 9.84. The van der Waals surface area contributed by atoms with Gasteiger partial charge in [0.25, 0.3) is 0 Å². The lowest BCUT2D eigenvalue weighted by Crippen LogP contribution is -2.52. The van der Waals surface area contributed by atoms with E-state index in [1.807, 2.05) is 20.8 Å². The number of hydrogen-bond donors (Lipinski definition) is 1. The molecule has 0 aromatic carbocycles. The van der Waals surface area contributed by atoms with E-state index in [4.69, 9.17) is 15.2 Å². The molecule has 0 saturated carbocycles. The Kier molecular flexibility index (Phi) is 4.37. The number of nitrogens with zero attached hydrogens (tertiary/aromatic N) is 2. The van der Waals surface area contributed by atoms with E-state index in [2.05, 4.69) is 9.88 Å². The zero-order chi connectivity index (χ0) is 15.6. The number of morpholine rings is 1. The molecule has 2 N–H and O–H groups in total. The number of pyridine rings is 1. The molecular weight excluding hydrogens is 270 g/mol. The lowest BCUT2D eigenvalue weighted by molar-refractivity contribution is -0.0751. The van der Waals surface area contributed by atoms with Crippen molar-refractivity contribution in [3.05, 3.63) is 17.8 Å². The first kappa shape index (κ1) is 15.6. The number of nitrogens with two attached hydrogens (primary N) is 1. The van der Waals surface area contributed by atoms with Crippen LogP contribution in [-0.4, -0.2) is 42.4 Å². The molecule has 1 aliphatic heterocycles. The summed E-state index contributed by atoms with van der Waals surface area (Å²) in [7, 11) is 0. The fourth-order valence-corrected chi connectivity index (χ4v) is 2.72. The van der Waals surface area contributed by atoms with Crippen molar-refractivity contribution in [3.8, 4) is 0 Å². The molecular formula is C15H23N3O3. The molecule has 1 aromatic rings. The van der Waals surface area contributed by atoms with E-state index in [0.29, 0.717) is 36.8 Å². The predicted molar refractivity (Wildman–Crippen MR) is 81.4 cm³/mol. The van der Waals surface area contributed by atoms with Gasteiger partial charge in [-0.2, -0.15) is 0 Å². The molecule has 1 fully saturated rings. The standard InChI is InChI=1S/C15H23N3O3/c1-5-20-14(19)11-6-7-17-13(12(11)16)18-8-10(2)21-15(3,4)9-18/h6-7,10H,5,8-9,16H2,1-4H3. The molecule has 1 aliphatic rings. The second-order valence-electron chi connectivity index (χ2n) is 5.88. The maximum absolute atomic E-state index is 11.9. The highest BCUT2D eigenvalue weighted by atomic mass is 16.5. The van der Waals surface area contributed by atoms with Crippen molar-refractivity contribution in [2.24, 2.45) is 0 Å². The van der Waals surface area contributed by atoms with Gasteiger partial charge in [-0.1, -0.05) is 0 Å². The Morgan fingerprint density at radius 2 is 2.33 bits per heavy atom. The summed E-state index contributed by atoms with van der Waals surface area (Å²) in [6.07, 6.45) is 1.66. The molecule has 1 saturated heterocycles. The fourth-order valence-electron chi connectivity index (χ4n) is 2.72. The minimum Gasteiger partial charge on any atom is -0.462 e. The molecule has 0 radical (unpaired) electrons. The number of anilines is 2. The maximum atomic E-state index is 11.9. The number of rotatable bonds is 3. The highest BCUT2D eigenvalue weighted by Gasteiger charge is 2.33. The van der Waals surface area contributed by atoms with Crippen LogP contribution in [0.3, 0.4) is 0 Å². The molecule has 0 bridgehead atoms. The second kappa shape index (κ2) is 5.89. The van der Waals surface area contributed by atoms with Crippen molar-refractivity contribution in [1.29, 1.82) is 0 Å². The number of aromatic nitrogens is 1. The van der Waals surface area contributed by atoms with Crippen LogP contribution >= 0.6 is 0 Å². The zero-order valence-corrected chi connectivity index (χ0v) is 13.0. The van der Waals surface area contributed by atoms with Crippen molar-refractivity contribution >= 4 is 17.5 Å². The molecule has 2 rings (SSSR count). The first-order valence-electron chi connectivity index (χ1n) is 7.18. The van der Waals surface area contributed by atoms with E-state index in [1.54, 1.807) is 19.2 Å². The number of carbonyl (C=O) groups excluding carboxylic acids is 1. The van der Waals surface area contributed by atoms with E-state index in [0.717, 1.165) is 0 Å². The average molecular weight is 293 g/mol. The van der Waals surface area contributed by atoms with Crippen molar-refractivity contribution in [1.82, 2.24) is 4.98 Å². The van der Waals surface area contributed by atoms with Gasteiger partial charge in [0.15, 0.2) is 5.82 Å². The Bertz CT molecular complexity index is 531. The molecule has 0 aliphatic carbocycles. The Morgan fingerprint density at radius 1 is 1.62 bits per heavy atom. The number of hydrogen-bond acceptors (Lipinski definition) is 6. The quantitative estimate of drug-likeness (QED) is 0.857. The maximum Gasteiger partial charge on any atom is 0.340 e. The van der Waals surface area contributed by atoms with Gasteiger partial charge < -0.3 is 20.1 Å². The van der Waals surface area contributed by atoms with Gasteiger partial charge in [-0.05, 0) is 33.8 Å². The van der Waals surface area contributed by atoms with Crippen LogP contribution in [0, 0.1) is 0 Å². The van der Waals surface area contributed by atoms with Crippen molar-refractivity contribution in [2.75, 3.05) is 30.3 Å². The van der Waals surface area contributed by atoms with Gasteiger partial charge in [0, 0.05) is 19.3 Å². The molecule has 21 heavy (non-hydrogen) atoms. The van der Waals surface area contributed by atoms with Gasteiger partial charge in [-0.3, -0.25) is 0 Å². The Morgan fingerprint density at radius 3 is 2.95 bits per heavy atom. The fraction of sp³-hybridized carbons (Fsp3) is 0.600. The van der Waals surface area contributed by atoms with Crippen LogP contribution < -0.4 is 10.6 Å². The molecule has 6 nitrogen and oxygen atoms in total. The summed E-state index contributed by atoms with van der Waals surface area (Å²) >= 11 is 0. The highest BCUT2D eigenvalue weighted by molar-refractivity contribution is 5.97. The molecule has 1 unspecified atom stereocenters. The SMILES string of the molecule is CCOC(=O)c1ccnc(N2CC(C)OC(C)(C)C2)c1N. The first-order valence-corrected chi connectivity index (χ1v) is 7.18. The van der Waals surface area contributed by atoms with Crippen LogP contribution in [0.1, 0.15) is 38.1 Å². The summed E-state index contributed by atoms with van der Waals surface area (Å²) < 4.78 is 10.9. The van der Waals surface area contributed by atoms with E-state index < -0.39 is 5.97 Å². The smallest absolute Gasteiger partial charge is 0.340 e. The lowest BCUT2D eigenvalue weighted by atomic mass is 10.0. The zero-order valence-electron chi connectivity index (χ0n) is 13.0. The monoisotopic (exact) mass is 293 g/mol. The van der Waals surface area contributed by atoms with Gasteiger partial charge in [0.05, 0.1) is 29.6 Å². The van der Waals surface area contributed by atoms with Crippen LogP contribution in [0.4, 0.5) is 11.5 Å². The Balaban J connectivity index is 2.32. The summed E-state index contributed by atoms with van der Waals surface area (Å²) in [5, 5.41) is 0. The molecule has 6 heteroatoms. The third-order valence-electron chi connectivity index (χ3n) is 3.33. The van der Waals surface area contributed by atoms with Crippen LogP contribution in [0.2, 0.25) is 0 Å². The van der Waals surface area contributed by atoms with Crippen molar-refractivity contribution < 1.29 is 14.3 Å². The van der Waals surface area contributed by atoms with Gasteiger partial charge in [-0.25, -0.2) is 9.78 Å². The van der Waals surface area contributed by atoms with E-state index >= 15 is 0 Å². The van der Waals surface area contributed by atoms with E-state index in [9.17, 15) is 4.79 Å². The predicted octanol–water partition coefficient (Wildman–Crippen LogP) is 1.84. The van der Waals surface area contributed by atoms with Crippen LogP contribution in [0.15, 0.2) is 12.3 Å². The van der Waals surface area contributed by atoms with Gasteiger partial charge in [0.2, 0.25) is 0 Å². The molecule has 1 atom stereocenters. The third-order valence-corrected chi connectivity index (χ3v) is 3.33. The molecule has 1 aromatic heterocycles. The van der Waals surface area contributed by atoms with Crippen LogP contribution in [0.5, 0.6) is 0 Å². The van der Waals surface area contributed by atoms with Crippen molar-refractivity contribution in [2.45, 2.75) is 39.4 Å². The molecule has 0 amide bonds. The Hall–Kier alpha value is -1.82. The topological polar surface area (TPSA) is 77.7 Å². The third kappa shape index (κ3) is 3.44. The summed E-state index contributed by atoms with van der Waals surface area (Å²) in [4.78, 5) is 18.3. The molecule has 0 spiro atoms. The Labute approximate surface area is 125 Å². The summed E-state index contributed by atoms with van der Waals surface area (Å²) in [6.45, 7) is 9.51. The molecule has 116 valence electrons. The average Bonchev–Trinajstić information content (AvgIpc) is 2.36. The minimum atomic E-state index is -0.417. The minimum absolute atomic E-state index is 0.0706. The normalized spacial score (nSPS) is 21.1. The van der Waals surface area contributed by atoms with Gasteiger partial charge >= 0.3 is 5.97 Å². The van der Waals surface area contributed by atoms with E-state index in [-0.39, 0.29) is 11.7 Å². The van der Waals surface area contributed by atoms with Crippen LogP contribution in [0.25, 0.3) is 0 Å². The largest absolute Gasteiger partial charge is 0.462 e. The number of esters is 1. The summed E-state index contributed by atoms with van der Waals surface area (Å²) in [5.41, 5.74) is 6.57. The van der Waals surface area contributed by atoms with Crippen LogP contribution in [-0.2, 0) is 9.47 Å². The van der Waals surface area contributed by atoms with Crippen molar-refractivity contribution in [3.63, 3.8) is 0 Å². The number of nitrogen functional groups attached to an aromatic ring is 1. The number of ether oxygens (including phenoxy) is 2. The van der Waals surface area contributed by atoms with Gasteiger partial charge in [-0.15, -0.1) is 0 Å².